The Labute approximate surface area is 299 Å². The Morgan fingerprint density at radius 1 is 0.980 bits per heavy atom. The van der Waals surface area contributed by atoms with Crippen molar-refractivity contribution in [3.05, 3.63) is 97.0 Å². The number of rotatable bonds is 10. The van der Waals surface area contributed by atoms with E-state index in [2.05, 4.69) is 10.3 Å². The van der Waals surface area contributed by atoms with Crippen molar-refractivity contribution >= 4 is 57.9 Å². The molecule has 2 aliphatic heterocycles. The number of carbonyl (C=O) groups excluding carboxylic acids is 3. The molecule has 8 rings (SSSR count). The van der Waals surface area contributed by atoms with Gasteiger partial charge in [-0.2, -0.15) is 0 Å². The Hall–Kier alpha value is -5.15. The maximum atomic E-state index is 14.1. The average Bonchev–Trinajstić information content (AvgIpc) is 3.87. The number of amides is 3. The van der Waals surface area contributed by atoms with Crippen LogP contribution in [0.3, 0.4) is 0 Å². The normalized spacial score (nSPS) is 25.6. The highest BCUT2D eigenvalue weighted by molar-refractivity contribution is 8.00. The molecule has 4 aliphatic rings. The summed E-state index contributed by atoms with van der Waals surface area (Å²) in [5.74, 6) is -0.958. The van der Waals surface area contributed by atoms with Crippen LogP contribution in [0.1, 0.15) is 29.7 Å². The minimum Gasteiger partial charge on any atom is -0.497 e. The lowest BCUT2D eigenvalue weighted by Crippen LogP contribution is -2.42. The van der Waals surface area contributed by atoms with Crippen LogP contribution in [0.2, 0.25) is 0 Å². The summed E-state index contributed by atoms with van der Waals surface area (Å²) in [6, 6.07) is 18.0. The number of anilines is 2. The number of methoxy groups -OCH3 is 1. The van der Waals surface area contributed by atoms with E-state index in [0.717, 1.165) is 26.8 Å². The number of hydrogen-bond donors (Lipinski definition) is 2. The Kier molecular flexibility index (Phi) is 8.33. The van der Waals surface area contributed by atoms with Crippen molar-refractivity contribution in [1.29, 1.82) is 0 Å². The summed E-state index contributed by atoms with van der Waals surface area (Å²) >= 11 is 2.74. The molecule has 13 nitrogen and oxygen atoms in total. The van der Waals surface area contributed by atoms with Gasteiger partial charge >= 0.3 is 4.87 Å². The fraction of sp³-hybridized carbons (Fsp3) is 0.333. The number of nitrogens with zero attached hydrogens (tertiary/aromatic N) is 2. The van der Waals surface area contributed by atoms with Crippen LogP contribution in [-0.4, -0.2) is 53.2 Å². The molecule has 0 spiro atoms. The monoisotopic (exact) mass is 728 g/mol. The van der Waals surface area contributed by atoms with E-state index in [1.165, 1.54) is 29.2 Å². The van der Waals surface area contributed by atoms with Gasteiger partial charge in [-0.15, -0.1) is 11.8 Å². The molecule has 15 heteroatoms. The number of nitro benzene ring substituents is 1. The van der Waals surface area contributed by atoms with E-state index < -0.39 is 16.8 Å². The van der Waals surface area contributed by atoms with Crippen molar-refractivity contribution in [2.75, 3.05) is 30.5 Å². The number of aromatic nitrogens is 1. The number of fused-ring (bicyclic) bond motifs is 9. The largest absolute Gasteiger partial charge is 0.497 e. The van der Waals surface area contributed by atoms with Gasteiger partial charge in [-0.25, -0.2) is 0 Å². The van der Waals surface area contributed by atoms with Crippen molar-refractivity contribution in [2.24, 2.45) is 29.6 Å². The van der Waals surface area contributed by atoms with Crippen molar-refractivity contribution in [2.45, 2.75) is 29.5 Å². The van der Waals surface area contributed by atoms with Crippen molar-refractivity contribution in [3.63, 3.8) is 0 Å². The number of thioether (sulfide) groups is 1. The van der Waals surface area contributed by atoms with Gasteiger partial charge in [0.25, 0.3) is 11.6 Å². The molecule has 4 aromatic rings. The van der Waals surface area contributed by atoms with Crippen molar-refractivity contribution in [1.82, 2.24) is 4.98 Å². The molecule has 262 valence electrons. The standard InChI is InChI=1S/C36H32N4O9S2/c1-3-48-25-14-17(4-13-24(25)49-16-26(41)37-18-5-11-21(47-2)12-6-18)27-28-22-15-23(31(28)50-33-32(27)51-36(44)38-33)30-29(22)34(42)39(35(30)43)19-7-9-20(10-8-19)40(45)46/h4-14,22-23,27-31H,3,15-16H2,1-2H3,(H,37,41)(H,38,44)/t22?,23?,27-,28?,29?,30?,31?/m1/s1. The fourth-order valence-corrected chi connectivity index (χ4v) is 11.4. The fourth-order valence-electron chi connectivity index (χ4n) is 8.49. The molecule has 1 aromatic heterocycles. The quantitative estimate of drug-likeness (QED) is 0.122. The Balaban J connectivity index is 1.08. The highest BCUT2D eigenvalue weighted by atomic mass is 32.2. The van der Waals surface area contributed by atoms with Crippen LogP contribution >= 0.6 is 23.1 Å². The topological polar surface area (TPSA) is 170 Å². The Bertz CT molecular complexity index is 2120. The van der Waals surface area contributed by atoms with E-state index in [0.29, 0.717) is 41.7 Å². The van der Waals surface area contributed by atoms with Crippen LogP contribution in [0.5, 0.6) is 17.2 Å². The van der Waals surface area contributed by atoms with E-state index in [1.807, 2.05) is 19.1 Å². The molecule has 2 bridgehead atoms. The van der Waals surface area contributed by atoms with E-state index in [9.17, 15) is 29.3 Å². The Morgan fingerprint density at radius 2 is 1.71 bits per heavy atom. The number of carbonyl (C=O) groups is 3. The predicted octanol–water partition coefficient (Wildman–Crippen LogP) is 5.45. The summed E-state index contributed by atoms with van der Waals surface area (Å²) in [6.45, 7) is 1.94. The minimum atomic E-state index is -0.530. The number of H-pyrrole nitrogens is 1. The van der Waals surface area contributed by atoms with E-state index in [-0.39, 0.29) is 63.8 Å². The number of imide groups is 1. The third-order valence-electron chi connectivity index (χ3n) is 10.4. The van der Waals surface area contributed by atoms with Gasteiger partial charge in [0.2, 0.25) is 11.8 Å². The molecule has 2 saturated carbocycles. The summed E-state index contributed by atoms with van der Waals surface area (Å²) in [6.07, 6.45) is 0.710. The number of ether oxygens (including phenoxy) is 3. The van der Waals surface area contributed by atoms with Gasteiger partial charge < -0.3 is 24.5 Å². The first-order valence-corrected chi connectivity index (χ1v) is 18.2. The zero-order valence-electron chi connectivity index (χ0n) is 27.4. The number of nitrogens with one attached hydrogen (secondary N) is 2. The van der Waals surface area contributed by atoms with Crippen molar-refractivity contribution in [3.8, 4) is 17.2 Å². The smallest absolute Gasteiger partial charge is 0.305 e. The third-order valence-corrected chi connectivity index (χ3v) is 13.0. The maximum absolute atomic E-state index is 14.1. The number of aromatic amines is 1. The van der Waals surface area contributed by atoms with E-state index in [1.54, 1.807) is 49.2 Å². The number of hydrogen-bond acceptors (Lipinski definition) is 11. The van der Waals surface area contributed by atoms with Gasteiger partial charge in [0.1, 0.15) is 5.75 Å². The second-order valence-electron chi connectivity index (χ2n) is 13.0. The number of benzene rings is 3. The van der Waals surface area contributed by atoms with Gasteiger partial charge in [-0.3, -0.25) is 34.2 Å². The molecule has 3 heterocycles. The van der Waals surface area contributed by atoms with Gasteiger partial charge in [0.05, 0.1) is 41.2 Å². The van der Waals surface area contributed by atoms with Gasteiger partial charge in [0.15, 0.2) is 18.1 Å². The lowest BCUT2D eigenvalue weighted by atomic mass is 9.68. The van der Waals surface area contributed by atoms with Crippen LogP contribution in [0, 0.1) is 39.7 Å². The molecule has 1 saturated heterocycles. The lowest BCUT2D eigenvalue weighted by Gasteiger charge is -2.43. The van der Waals surface area contributed by atoms with Gasteiger partial charge in [0, 0.05) is 33.9 Å². The minimum absolute atomic E-state index is 0.0271. The molecule has 6 unspecified atom stereocenters. The molecule has 2 N–H and O–H groups in total. The van der Waals surface area contributed by atoms with Crippen LogP contribution in [0.25, 0.3) is 0 Å². The summed E-state index contributed by atoms with van der Waals surface area (Å²) < 4.78 is 17.1. The average molecular weight is 729 g/mol. The molecule has 3 fully saturated rings. The van der Waals surface area contributed by atoms with Crippen LogP contribution in [0.4, 0.5) is 17.1 Å². The first-order valence-electron chi connectivity index (χ1n) is 16.5. The predicted molar refractivity (Wildman–Crippen MR) is 189 cm³/mol. The third kappa shape index (κ3) is 5.55. The summed E-state index contributed by atoms with van der Waals surface area (Å²) in [4.78, 5) is 69.1. The summed E-state index contributed by atoms with van der Waals surface area (Å²) in [7, 11) is 1.57. The van der Waals surface area contributed by atoms with E-state index >= 15 is 0 Å². The number of nitro groups is 1. The second-order valence-corrected chi connectivity index (χ2v) is 15.2. The molecule has 51 heavy (non-hydrogen) atoms. The maximum Gasteiger partial charge on any atom is 0.305 e. The highest BCUT2D eigenvalue weighted by Crippen LogP contribution is 2.68. The second kappa shape index (κ2) is 12.9. The van der Waals surface area contributed by atoms with Crippen LogP contribution in [0.15, 0.2) is 76.6 Å². The van der Waals surface area contributed by atoms with Crippen molar-refractivity contribution < 1.29 is 33.5 Å². The molecule has 3 amide bonds. The number of thiazole rings is 1. The van der Waals surface area contributed by atoms with E-state index in [4.69, 9.17) is 14.2 Å². The Morgan fingerprint density at radius 3 is 2.39 bits per heavy atom. The van der Waals surface area contributed by atoms with Gasteiger partial charge in [-0.05, 0) is 85.2 Å². The zero-order chi connectivity index (χ0) is 35.6. The first kappa shape index (κ1) is 33.0. The van der Waals surface area contributed by atoms with Crippen LogP contribution < -0.4 is 29.3 Å². The zero-order valence-corrected chi connectivity index (χ0v) is 29.0. The van der Waals surface area contributed by atoms with Crippen LogP contribution in [-0.2, 0) is 14.4 Å². The number of non-ortho nitro benzene ring substituents is 1. The first-order chi connectivity index (χ1) is 24.7. The summed E-state index contributed by atoms with van der Waals surface area (Å²) in [5.41, 5.74) is 1.69. The molecular weight excluding hydrogens is 697 g/mol. The lowest BCUT2D eigenvalue weighted by molar-refractivity contribution is -0.384. The SMILES string of the molecule is CCOc1cc([C@H]2c3sc(=O)[nH]c3SC3C4CC(C5C(=O)N(c6ccc([N+](=O)[O-])cc6)C(=O)C45)C32)ccc1OCC(=O)Nc1ccc(OC)cc1. The molecule has 7 atom stereocenters. The molecule has 0 radical (unpaired) electrons. The highest BCUT2D eigenvalue weighted by Gasteiger charge is 2.69. The molecule has 3 aromatic carbocycles. The molecule has 2 aliphatic carbocycles. The molecular formula is C36H32N4O9S2. The summed E-state index contributed by atoms with van der Waals surface area (Å²) in [5, 5.41) is 14.8. The van der Waals surface area contributed by atoms with Gasteiger partial charge in [-0.1, -0.05) is 17.4 Å².